The van der Waals surface area contributed by atoms with Crippen molar-refractivity contribution in [2.75, 3.05) is 19.6 Å². The summed E-state index contributed by atoms with van der Waals surface area (Å²) in [6.07, 6.45) is -0.965. The molecule has 0 aliphatic rings. The lowest BCUT2D eigenvalue weighted by Gasteiger charge is -2.22. The van der Waals surface area contributed by atoms with Gasteiger partial charge in [0.25, 0.3) is 0 Å². The molecule has 0 aromatic heterocycles. The van der Waals surface area contributed by atoms with Crippen molar-refractivity contribution in [3.05, 3.63) is 34.9 Å². The number of hydrogen-bond donors (Lipinski definition) is 2. The van der Waals surface area contributed by atoms with Gasteiger partial charge in [0.2, 0.25) is 11.8 Å². The third-order valence-electron chi connectivity index (χ3n) is 3.07. The molecule has 5 nitrogen and oxygen atoms in total. The molecule has 0 radical (unpaired) electrons. The maximum atomic E-state index is 12.1. The average molecular weight is 313 g/mol. The molecule has 2 N–H and O–H groups in total. The second-order valence-electron chi connectivity index (χ2n) is 4.63. The average Bonchev–Trinajstić information content (AvgIpc) is 2.45. The van der Waals surface area contributed by atoms with E-state index < -0.39 is 6.10 Å². The van der Waals surface area contributed by atoms with E-state index in [0.717, 1.165) is 0 Å². The zero-order valence-corrected chi connectivity index (χ0v) is 13.1. The van der Waals surface area contributed by atoms with E-state index >= 15 is 0 Å². The number of rotatable bonds is 7. The second-order valence-corrected chi connectivity index (χ2v) is 5.07. The van der Waals surface area contributed by atoms with Gasteiger partial charge in [-0.25, -0.2) is 0 Å². The Labute approximate surface area is 129 Å². The van der Waals surface area contributed by atoms with Crippen molar-refractivity contribution in [2.24, 2.45) is 0 Å². The molecule has 0 aliphatic carbocycles. The molecule has 1 aromatic rings. The molecule has 0 aliphatic heterocycles. The first-order valence-corrected chi connectivity index (χ1v) is 7.33. The van der Waals surface area contributed by atoms with Crippen LogP contribution in [0.25, 0.3) is 0 Å². The Kier molecular flexibility index (Phi) is 7.19. The van der Waals surface area contributed by atoms with Crippen molar-refractivity contribution in [2.45, 2.75) is 26.4 Å². The number of benzene rings is 1. The lowest BCUT2D eigenvalue weighted by atomic mass is 10.1. The van der Waals surface area contributed by atoms with Crippen molar-refractivity contribution in [1.82, 2.24) is 10.2 Å². The number of aliphatic hydroxyl groups is 1. The summed E-state index contributed by atoms with van der Waals surface area (Å²) in [7, 11) is 0. The first kappa shape index (κ1) is 17.5. The zero-order valence-electron chi connectivity index (χ0n) is 12.3. The van der Waals surface area contributed by atoms with Crippen LogP contribution in [-0.4, -0.2) is 41.5 Å². The molecule has 0 saturated heterocycles. The van der Waals surface area contributed by atoms with Crippen molar-refractivity contribution in [3.8, 4) is 0 Å². The first-order chi connectivity index (χ1) is 9.97. The molecule has 1 unspecified atom stereocenters. The Balaban J connectivity index is 2.60. The maximum Gasteiger partial charge on any atom is 0.239 e. The molecule has 6 heteroatoms. The van der Waals surface area contributed by atoms with Crippen molar-refractivity contribution < 1.29 is 14.7 Å². The Morgan fingerprint density at radius 2 is 1.90 bits per heavy atom. The monoisotopic (exact) mass is 312 g/mol. The summed E-state index contributed by atoms with van der Waals surface area (Å²) in [5, 5.41) is 13.3. The van der Waals surface area contributed by atoms with E-state index in [1.165, 1.54) is 4.90 Å². The molecule has 0 spiro atoms. The van der Waals surface area contributed by atoms with Crippen molar-refractivity contribution in [1.29, 1.82) is 0 Å². The summed E-state index contributed by atoms with van der Waals surface area (Å²) in [6, 6.07) is 6.69. The Morgan fingerprint density at radius 3 is 2.43 bits per heavy atom. The van der Waals surface area contributed by atoms with Gasteiger partial charge in [-0.05, 0) is 31.5 Å². The summed E-state index contributed by atoms with van der Waals surface area (Å²) in [6.45, 7) is 4.57. The molecule has 0 bridgehead atoms. The van der Waals surface area contributed by atoms with Gasteiger partial charge in [-0.15, -0.1) is 0 Å². The van der Waals surface area contributed by atoms with E-state index in [-0.39, 0.29) is 24.8 Å². The summed E-state index contributed by atoms with van der Waals surface area (Å²) in [5.41, 5.74) is 0.627. The maximum absolute atomic E-state index is 12.1. The number of carbonyl (C=O) groups excluding carboxylic acids is 2. The van der Waals surface area contributed by atoms with Gasteiger partial charge in [0, 0.05) is 18.1 Å². The van der Waals surface area contributed by atoms with Crippen LogP contribution in [0.1, 0.15) is 31.9 Å². The van der Waals surface area contributed by atoms with E-state index in [1.54, 1.807) is 31.2 Å². The van der Waals surface area contributed by atoms with Gasteiger partial charge in [-0.3, -0.25) is 9.59 Å². The number of halogens is 1. The zero-order chi connectivity index (χ0) is 15.8. The van der Waals surface area contributed by atoms with Gasteiger partial charge in [0.05, 0.1) is 19.1 Å². The highest BCUT2D eigenvalue weighted by atomic mass is 35.5. The van der Waals surface area contributed by atoms with Gasteiger partial charge < -0.3 is 15.3 Å². The second kappa shape index (κ2) is 8.64. The summed E-state index contributed by atoms with van der Waals surface area (Å²) >= 11 is 5.78. The quantitative estimate of drug-likeness (QED) is 0.806. The van der Waals surface area contributed by atoms with E-state index in [4.69, 9.17) is 11.6 Å². The van der Waals surface area contributed by atoms with E-state index in [0.29, 0.717) is 23.7 Å². The van der Waals surface area contributed by atoms with Gasteiger partial charge in [0.1, 0.15) is 0 Å². The van der Waals surface area contributed by atoms with Crippen molar-refractivity contribution >= 4 is 23.4 Å². The lowest BCUT2D eigenvalue weighted by molar-refractivity contribution is -0.137. The van der Waals surface area contributed by atoms with Crippen LogP contribution in [-0.2, 0) is 9.59 Å². The van der Waals surface area contributed by atoms with Gasteiger partial charge in [-0.1, -0.05) is 23.7 Å². The normalized spacial score (nSPS) is 11.8. The number of amides is 2. The van der Waals surface area contributed by atoms with E-state index in [2.05, 4.69) is 5.32 Å². The number of aliphatic hydroxyl groups excluding tert-OH is 1. The number of nitrogens with zero attached hydrogens (tertiary/aromatic N) is 1. The first-order valence-electron chi connectivity index (χ1n) is 6.95. The minimum atomic E-state index is -0.905. The van der Waals surface area contributed by atoms with Crippen LogP contribution < -0.4 is 5.32 Å². The van der Waals surface area contributed by atoms with Crippen LogP contribution in [0, 0.1) is 0 Å². The van der Waals surface area contributed by atoms with Crippen LogP contribution in [0.5, 0.6) is 0 Å². The molecule has 0 saturated carbocycles. The summed E-state index contributed by atoms with van der Waals surface area (Å²) in [4.78, 5) is 25.1. The molecule has 116 valence electrons. The molecule has 1 atom stereocenters. The van der Waals surface area contributed by atoms with Crippen LogP contribution in [0.15, 0.2) is 24.3 Å². The number of likely N-dealkylation sites (N-methyl/N-ethyl adjacent to an activating group) is 2. The Hall–Kier alpha value is -1.59. The van der Waals surface area contributed by atoms with Crippen LogP contribution >= 0.6 is 11.6 Å². The number of nitrogens with one attached hydrogen (secondary N) is 1. The summed E-state index contributed by atoms with van der Waals surface area (Å²) in [5.74, 6) is -0.458. The van der Waals surface area contributed by atoms with Gasteiger partial charge >= 0.3 is 0 Å². The molecule has 1 aromatic carbocycles. The van der Waals surface area contributed by atoms with Crippen LogP contribution in [0.4, 0.5) is 0 Å². The van der Waals surface area contributed by atoms with Crippen LogP contribution in [0.3, 0.4) is 0 Å². The fourth-order valence-electron chi connectivity index (χ4n) is 1.90. The fourth-order valence-corrected chi connectivity index (χ4v) is 2.03. The van der Waals surface area contributed by atoms with Crippen LogP contribution in [0.2, 0.25) is 5.02 Å². The Bertz CT molecular complexity index is 476. The minimum Gasteiger partial charge on any atom is -0.388 e. The molecule has 21 heavy (non-hydrogen) atoms. The largest absolute Gasteiger partial charge is 0.388 e. The highest BCUT2D eigenvalue weighted by Gasteiger charge is 2.19. The smallest absolute Gasteiger partial charge is 0.239 e. The lowest BCUT2D eigenvalue weighted by Crippen LogP contribution is -2.41. The topological polar surface area (TPSA) is 69.6 Å². The standard InChI is InChI=1S/C15H21ClN2O3/c1-3-17-14(20)10-18(4-2)15(21)9-13(19)11-5-7-12(16)8-6-11/h5-8,13,19H,3-4,9-10H2,1-2H3,(H,17,20). The molecule has 0 fully saturated rings. The highest BCUT2D eigenvalue weighted by Crippen LogP contribution is 2.19. The molecular weight excluding hydrogens is 292 g/mol. The minimum absolute atomic E-state index is 0.0104. The molecular formula is C15H21ClN2O3. The van der Waals surface area contributed by atoms with Crippen molar-refractivity contribution in [3.63, 3.8) is 0 Å². The highest BCUT2D eigenvalue weighted by molar-refractivity contribution is 6.30. The van der Waals surface area contributed by atoms with Gasteiger partial charge in [0.15, 0.2) is 0 Å². The number of carbonyl (C=O) groups is 2. The molecule has 1 rings (SSSR count). The third-order valence-corrected chi connectivity index (χ3v) is 3.32. The predicted octanol–water partition coefficient (Wildman–Crippen LogP) is 1.75. The molecule has 0 heterocycles. The van der Waals surface area contributed by atoms with E-state index in [9.17, 15) is 14.7 Å². The fraction of sp³-hybridized carbons (Fsp3) is 0.467. The van der Waals surface area contributed by atoms with E-state index in [1.807, 2.05) is 6.92 Å². The summed E-state index contributed by atoms with van der Waals surface area (Å²) < 4.78 is 0. The molecule has 2 amide bonds. The number of hydrogen-bond acceptors (Lipinski definition) is 3. The Morgan fingerprint density at radius 1 is 1.29 bits per heavy atom. The SMILES string of the molecule is CCNC(=O)CN(CC)C(=O)CC(O)c1ccc(Cl)cc1. The predicted molar refractivity (Wildman–Crippen MR) is 82.0 cm³/mol. The van der Waals surface area contributed by atoms with Gasteiger partial charge in [-0.2, -0.15) is 0 Å². The third kappa shape index (κ3) is 5.73.